The van der Waals surface area contributed by atoms with Crippen LogP contribution in [-0.2, 0) is 14.3 Å². The number of nitrogens with one attached hydrogen (secondary N) is 2. The summed E-state index contributed by atoms with van der Waals surface area (Å²) in [6.07, 6.45) is -0.369. The van der Waals surface area contributed by atoms with Gasteiger partial charge in [0.05, 0.1) is 6.42 Å². The Morgan fingerprint density at radius 1 is 1.03 bits per heavy atom. The van der Waals surface area contributed by atoms with Crippen LogP contribution in [0.5, 0.6) is 0 Å². The Bertz CT molecular complexity index is 1040. The molecule has 0 saturated carbocycles. The van der Waals surface area contributed by atoms with Crippen LogP contribution in [-0.4, -0.2) is 41.8 Å². The predicted octanol–water partition coefficient (Wildman–Crippen LogP) is 3.68. The van der Waals surface area contributed by atoms with Crippen molar-refractivity contribution >= 4 is 18.0 Å². The van der Waals surface area contributed by atoms with E-state index in [0.717, 1.165) is 22.3 Å². The van der Waals surface area contributed by atoms with Crippen LogP contribution in [0.4, 0.5) is 4.79 Å². The summed E-state index contributed by atoms with van der Waals surface area (Å²) in [6, 6.07) is 14.6. The first kappa shape index (κ1) is 23.9. The van der Waals surface area contributed by atoms with E-state index in [0.29, 0.717) is 6.42 Å². The predicted molar refractivity (Wildman–Crippen MR) is 125 cm³/mol. The van der Waals surface area contributed by atoms with Crippen molar-refractivity contribution in [1.29, 1.82) is 0 Å². The zero-order chi connectivity index (χ0) is 23.8. The lowest BCUT2D eigenvalue weighted by molar-refractivity contribution is -0.137. The molecule has 2 aromatic rings. The molecule has 7 heteroatoms. The van der Waals surface area contributed by atoms with Crippen molar-refractivity contribution in [3.8, 4) is 23.0 Å². The third kappa shape index (κ3) is 5.92. The highest BCUT2D eigenvalue weighted by Crippen LogP contribution is 2.44. The van der Waals surface area contributed by atoms with Gasteiger partial charge in [0, 0.05) is 18.4 Å². The first-order valence-electron chi connectivity index (χ1n) is 11.0. The summed E-state index contributed by atoms with van der Waals surface area (Å²) >= 11 is 0. The molecule has 1 unspecified atom stereocenters. The van der Waals surface area contributed by atoms with E-state index < -0.39 is 30.1 Å². The van der Waals surface area contributed by atoms with Crippen molar-refractivity contribution in [3.63, 3.8) is 0 Å². The molecule has 1 aliphatic rings. The topological polar surface area (TPSA) is 105 Å². The number of carbonyl (C=O) groups is 3. The Hall–Kier alpha value is -3.79. The third-order valence-electron chi connectivity index (χ3n) is 5.70. The number of fused-ring (bicyclic) bond motifs is 3. The van der Waals surface area contributed by atoms with Gasteiger partial charge in [-0.3, -0.25) is 9.59 Å². The molecule has 0 bridgehead atoms. The molecule has 2 atom stereocenters. The molecule has 7 nitrogen and oxygen atoms in total. The molecule has 2 aromatic carbocycles. The van der Waals surface area contributed by atoms with Gasteiger partial charge in [-0.25, -0.2) is 4.79 Å². The highest BCUT2D eigenvalue weighted by atomic mass is 16.5. The van der Waals surface area contributed by atoms with Gasteiger partial charge in [0.25, 0.3) is 0 Å². The lowest BCUT2D eigenvalue weighted by atomic mass is 9.98. The number of carboxylic acids is 1. The molecule has 0 radical (unpaired) electrons. The number of ether oxygens (including phenoxy) is 1. The van der Waals surface area contributed by atoms with Crippen LogP contribution in [0, 0.1) is 11.8 Å². The Morgan fingerprint density at radius 2 is 1.64 bits per heavy atom. The molecule has 0 aliphatic heterocycles. The molecule has 3 rings (SSSR count). The van der Waals surface area contributed by atoms with Crippen molar-refractivity contribution in [3.05, 3.63) is 59.7 Å². The Balaban J connectivity index is 1.65. The van der Waals surface area contributed by atoms with E-state index in [1.54, 1.807) is 13.8 Å². The fraction of sp³-hybridized carbons (Fsp3) is 0.346. The summed E-state index contributed by atoms with van der Waals surface area (Å²) in [5.74, 6) is 3.92. The fourth-order valence-electron chi connectivity index (χ4n) is 4.01. The van der Waals surface area contributed by atoms with E-state index in [2.05, 4.69) is 34.6 Å². The molecule has 0 aromatic heterocycles. The number of carboxylic acid groups (broad SMARTS) is 1. The Morgan fingerprint density at radius 3 is 2.18 bits per heavy atom. The number of aliphatic carboxylic acids is 1. The van der Waals surface area contributed by atoms with Gasteiger partial charge in [0.15, 0.2) is 0 Å². The quantitative estimate of drug-likeness (QED) is 0.508. The van der Waals surface area contributed by atoms with Crippen molar-refractivity contribution < 1.29 is 24.2 Å². The van der Waals surface area contributed by atoms with Crippen LogP contribution in [0.25, 0.3) is 11.1 Å². The molecule has 33 heavy (non-hydrogen) atoms. The smallest absolute Gasteiger partial charge is 0.407 e. The lowest BCUT2D eigenvalue weighted by Crippen LogP contribution is -2.50. The zero-order valence-electron chi connectivity index (χ0n) is 18.8. The maximum Gasteiger partial charge on any atom is 0.407 e. The van der Waals surface area contributed by atoms with E-state index in [1.807, 2.05) is 36.4 Å². The van der Waals surface area contributed by atoms with E-state index in [4.69, 9.17) is 9.84 Å². The number of rotatable bonds is 9. The molecule has 0 fully saturated rings. The second-order valence-electron chi connectivity index (χ2n) is 7.86. The van der Waals surface area contributed by atoms with Crippen molar-refractivity contribution in [2.45, 2.75) is 51.1 Å². The zero-order valence-corrected chi connectivity index (χ0v) is 18.8. The van der Waals surface area contributed by atoms with Crippen molar-refractivity contribution in [1.82, 2.24) is 10.6 Å². The standard InChI is InChI=1S/C26H28N2O5/c1-3-5-14-23(25(31)27-17(4-2)15-24(29)30)28-26(32)33-16-22-20-12-8-6-10-18(20)19-11-7-9-13-21(19)22/h6-13,17,22-23H,4,14-16H2,1-2H3,(H,27,31)(H,28,32)(H,29,30)/t17-,23?/m1/s1. The second kappa shape index (κ2) is 11.2. The average Bonchev–Trinajstić information content (AvgIpc) is 3.13. The molecule has 0 spiro atoms. The first-order chi connectivity index (χ1) is 15.9. The molecular weight excluding hydrogens is 420 g/mol. The summed E-state index contributed by atoms with van der Waals surface area (Å²) in [4.78, 5) is 36.3. The normalized spacial score (nSPS) is 13.5. The summed E-state index contributed by atoms with van der Waals surface area (Å²) in [5, 5.41) is 14.3. The molecule has 3 N–H and O–H groups in total. The van der Waals surface area contributed by atoms with Crippen LogP contribution >= 0.6 is 0 Å². The number of hydrogen-bond donors (Lipinski definition) is 3. The monoisotopic (exact) mass is 448 g/mol. The van der Waals surface area contributed by atoms with Gasteiger partial charge >= 0.3 is 12.1 Å². The first-order valence-corrected chi connectivity index (χ1v) is 11.0. The fourth-order valence-corrected chi connectivity index (χ4v) is 4.01. The SMILES string of the molecule is CC#CCC(NC(=O)OCC1c2ccccc2-c2ccccc21)C(=O)N[C@H](CC)CC(=O)O. The maximum atomic E-state index is 12.7. The van der Waals surface area contributed by atoms with Crippen LogP contribution < -0.4 is 10.6 Å². The van der Waals surface area contributed by atoms with Gasteiger partial charge in [-0.2, -0.15) is 0 Å². The minimum absolute atomic E-state index is 0.0918. The molecule has 0 heterocycles. The highest BCUT2D eigenvalue weighted by Gasteiger charge is 2.30. The maximum absolute atomic E-state index is 12.7. The van der Waals surface area contributed by atoms with E-state index in [1.165, 1.54) is 0 Å². The van der Waals surface area contributed by atoms with Gasteiger partial charge < -0.3 is 20.5 Å². The van der Waals surface area contributed by atoms with Crippen molar-refractivity contribution in [2.75, 3.05) is 6.61 Å². The van der Waals surface area contributed by atoms with E-state index in [-0.39, 0.29) is 25.4 Å². The summed E-state index contributed by atoms with van der Waals surface area (Å²) < 4.78 is 5.52. The third-order valence-corrected chi connectivity index (χ3v) is 5.70. The second-order valence-corrected chi connectivity index (χ2v) is 7.86. The minimum Gasteiger partial charge on any atom is -0.481 e. The van der Waals surface area contributed by atoms with Crippen molar-refractivity contribution in [2.24, 2.45) is 0 Å². The van der Waals surface area contributed by atoms with Gasteiger partial charge in [0.2, 0.25) is 5.91 Å². The molecule has 2 amide bonds. The molecule has 1 aliphatic carbocycles. The number of amides is 2. The van der Waals surface area contributed by atoms with Crippen LogP contribution in [0.3, 0.4) is 0 Å². The Labute approximate surface area is 193 Å². The number of alkyl carbamates (subject to hydrolysis) is 1. The Kier molecular flexibility index (Phi) is 8.09. The molecule has 172 valence electrons. The highest BCUT2D eigenvalue weighted by molar-refractivity contribution is 5.86. The number of carbonyl (C=O) groups excluding carboxylic acids is 2. The van der Waals surface area contributed by atoms with Crippen LogP contribution in [0.15, 0.2) is 48.5 Å². The van der Waals surface area contributed by atoms with Crippen LogP contribution in [0.1, 0.15) is 50.2 Å². The number of benzene rings is 2. The average molecular weight is 449 g/mol. The summed E-state index contributed by atoms with van der Waals surface area (Å²) in [7, 11) is 0. The lowest BCUT2D eigenvalue weighted by Gasteiger charge is -2.21. The van der Waals surface area contributed by atoms with Crippen LogP contribution in [0.2, 0.25) is 0 Å². The van der Waals surface area contributed by atoms with Gasteiger partial charge in [0.1, 0.15) is 12.6 Å². The van der Waals surface area contributed by atoms with Gasteiger partial charge in [-0.15, -0.1) is 11.8 Å². The molecular formula is C26H28N2O5. The van der Waals surface area contributed by atoms with Gasteiger partial charge in [-0.05, 0) is 35.6 Å². The van der Waals surface area contributed by atoms with Gasteiger partial charge in [-0.1, -0.05) is 55.5 Å². The summed E-state index contributed by atoms with van der Waals surface area (Å²) in [6.45, 7) is 3.56. The van der Waals surface area contributed by atoms with E-state index >= 15 is 0 Å². The van der Waals surface area contributed by atoms with E-state index in [9.17, 15) is 14.4 Å². The number of hydrogen-bond acceptors (Lipinski definition) is 4. The summed E-state index contributed by atoms with van der Waals surface area (Å²) in [5.41, 5.74) is 4.44. The largest absolute Gasteiger partial charge is 0.481 e. The molecule has 0 saturated heterocycles. The minimum atomic E-state index is -1.00.